The lowest BCUT2D eigenvalue weighted by atomic mass is 9.93. The van der Waals surface area contributed by atoms with Gasteiger partial charge in [-0.15, -0.1) is 0 Å². The molecule has 2 aromatic carbocycles. The zero-order valence-electron chi connectivity index (χ0n) is 16.5. The zero-order chi connectivity index (χ0) is 21.3. The van der Waals surface area contributed by atoms with Gasteiger partial charge in [0.05, 0.1) is 21.9 Å². The second-order valence-electron chi connectivity index (χ2n) is 7.66. The van der Waals surface area contributed by atoms with Crippen LogP contribution >= 0.6 is 0 Å². The van der Waals surface area contributed by atoms with Gasteiger partial charge in [0, 0.05) is 23.1 Å². The van der Waals surface area contributed by atoms with E-state index < -0.39 is 16.7 Å². The molecule has 0 aliphatic carbocycles. The predicted octanol–water partition coefficient (Wildman–Crippen LogP) is 4.74. The molecule has 0 atom stereocenters. The highest BCUT2D eigenvalue weighted by molar-refractivity contribution is 5.91. The molecular formula is C21H20FN3O4. The van der Waals surface area contributed by atoms with Gasteiger partial charge in [-0.2, -0.15) is 5.10 Å². The molecule has 0 spiro atoms. The monoisotopic (exact) mass is 397 g/mol. The quantitative estimate of drug-likeness (QED) is 0.360. The van der Waals surface area contributed by atoms with Crippen molar-refractivity contribution in [2.24, 2.45) is 0 Å². The first-order valence-electron chi connectivity index (χ1n) is 8.90. The molecule has 29 heavy (non-hydrogen) atoms. The predicted molar refractivity (Wildman–Crippen MR) is 105 cm³/mol. The molecule has 0 aliphatic rings. The van der Waals surface area contributed by atoms with Crippen LogP contribution in [0, 0.1) is 22.9 Å². The summed E-state index contributed by atoms with van der Waals surface area (Å²) >= 11 is 0. The summed E-state index contributed by atoms with van der Waals surface area (Å²) in [4.78, 5) is 23.2. The Bertz CT molecular complexity index is 1100. The number of halogens is 1. The van der Waals surface area contributed by atoms with E-state index >= 15 is 0 Å². The highest BCUT2D eigenvalue weighted by atomic mass is 19.1. The second kappa shape index (κ2) is 7.46. The smallest absolute Gasteiger partial charge is 0.345 e. The van der Waals surface area contributed by atoms with E-state index in [9.17, 15) is 19.3 Å². The van der Waals surface area contributed by atoms with Crippen molar-refractivity contribution < 1.29 is 18.8 Å². The number of hydrogen-bond donors (Lipinski definition) is 0. The summed E-state index contributed by atoms with van der Waals surface area (Å²) in [5.74, 6) is -1.14. The van der Waals surface area contributed by atoms with Gasteiger partial charge in [0.25, 0.3) is 5.69 Å². The summed E-state index contributed by atoms with van der Waals surface area (Å²) in [7, 11) is 0. The Morgan fingerprint density at radius 2 is 1.90 bits per heavy atom. The number of carbonyl (C=O) groups is 1. The number of nitro benzene ring substituents is 1. The average Bonchev–Trinajstić information content (AvgIpc) is 3.06. The second-order valence-corrected chi connectivity index (χ2v) is 7.66. The number of nitro groups is 1. The first-order valence-corrected chi connectivity index (χ1v) is 8.90. The van der Waals surface area contributed by atoms with Crippen LogP contribution in [0.2, 0.25) is 0 Å². The van der Waals surface area contributed by atoms with Crippen LogP contribution in [0.25, 0.3) is 5.69 Å². The average molecular weight is 397 g/mol. The van der Waals surface area contributed by atoms with Gasteiger partial charge in [0.15, 0.2) is 0 Å². The van der Waals surface area contributed by atoms with E-state index in [0.717, 1.165) is 0 Å². The number of aromatic nitrogens is 2. The Morgan fingerprint density at radius 1 is 1.17 bits per heavy atom. The minimum Gasteiger partial charge on any atom is -0.404 e. The number of nitrogens with zero attached hydrogens (tertiary/aromatic N) is 3. The summed E-state index contributed by atoms with van der Waals surface area (Å²) in [5.41, 5.74) is 0.978. The largest absolute Gasteiger partial charge is 0.404 e. The summed E-state index contributed by atoms with van der Waals surface area (Å²) in [6, 6.07) is 11.4. The fraction of sp³-hybridized carbons (Fsp3) is 0.238. The Hall–Kier alpha value is -3.55. The molecule has 0 amide bonds. The molecular weight excluding hydrogens is 377 g/mol. The third-order valence-corrected chi connectivity index (χ3v) is 4.34. The summed E-state index contributed by atoms with van der Waals surface area (Å²) < 4.78 is 20.5. The minimum absolute atomic E-state index is 0.0339. The molecule has 0 saturated heterocycles. The Balaban J connectivity index is 2.02. The Morgan fingerprint density at radius 3 is 2.52 bits per heavy atom. The zero-order valence-corrected chi connectivity index (χ0v) is 16.5. The lowest BCUT2D eigenvalue weighted by molar-refractivity contribution is -0.385. The highest BCUT2D eigenvalue weighted by Crippen LogP contribution is 2.29. The van der Waals surface area contributed by atoms with E-state index in [2.05, 4.69) is 5.10 Å². The normalized spacial score (nSPS) is 11.3. The van der Waals surface area contributed by atoms with Gasteiger partial charge in [-0.25, -0.2) is 13.9 Å². The van der Waals surface area contributed by atoms with Crippen molar-refractivity contribution in [3.63, 3.8) is 0 Å². The number of esters is 1. The van der Waals surface area contributed by atoms with Crippen LogP contribution in [0.15, 0.2) is 48.5 Å². The molecule has 0 aliphatic heterocycles. The fourth-order valence-corrected chi connectivity index (χ4v) is 2.68. The van der Waals surface area contributed by atoms with E-state index in [1.54, 1.807) is 19.1 Å². The fourth-order valence-electron chi connectivity index (χ4n) is 2.68. The molecule has 0 N–H and O–H groups in total. The van der Waals surface area contributed by atoms with Crippen molar-refractivity contribution in [1.82, 2.24) is 9.78 Å². The highest BCUT2D eigenvalue weighted by Gasteiger charge is 2.24. The van der Waals surface area contributed by atoms with Crippen molar-refractivity contribution in [1.29, 1.82) is 0 Å². The maximum absolute atomic E-state index is 13.7. The number of aryl methyl sites for hydroxylation is 1. The van der Waals surface area contributed by atoms with Crippen LogP contribution in [0.3, 0.4) is 0 Å². The van der Waals surface area contributed by atoms with Crippen LogP contribution in [0.5, 0.6) is 5.88 Å². The van der Waals surface area contributed by atoms with E-state index in [-0.39, 0.29) is 22.5 Å². The third-order valence-electron chi connectivity index (χ3n) is 4.34. The number of carbonyl (C=O) groups excluding carboxylic acids is 1. The van der Waals surface area contributed by atoms with Gasteiger partial charge in [-0.1, -0.05) is 32.9 Å². The lowest BCUT2D eigenvalue weighted by Gasteiger charge is -2.13. The van der Waals surface area contributed by atoms with Crippen molar-refractivity contribution >= 4 is 11.7 Å². The van der Waals surface area contributed by atoms with Gasteiger partial charge in [-0.05, 0) is 31.2 Å². The molecule has 7 nitrogen and oxygen atoms in total. The molecule has 0 radical (unpaired) electrons. The van der Waals surface area contributed by atoms with Crippen LogP contribution in [0.4, 0.5) is 10.1 Å². The third kappa shape index (κ3) is 4.31. The number of ether oxygens (including phenoxy) is 1. The molecule has 1 heterocycles. The summed E-state index contributed by atoms with van der Waals surface area (Å²) in [6.45, 7) is 7.42. The maximum Gasteiger partial charge on any atom is 0.345 e. The molecule has 3 aromatic rings. The van der Waals surface area contributed by atoms with E-state index in [1.165, 1.54) is 41.1 Å². The van der Waals surface area contributed by atoms with Gasteiger partial charge in [0.1, 0.15) is 5.82 Å². The first-order chi connectivity index (χ1) is 13.6. The molecule has 8 heteroatoms. The van der Waals surface area contributed by atoms with Crippen LogP contribution in [-0.4, -0.2) is 20.7 Å². The van der Waals surface area contributed by atoms with E-state index in [0.29, 0.717) is 16.9 Å². The molecule has 0 unspecified atom stereocenters. The topological polar surface area (TPSA) is 87.3 Å². The number of rotatable bonds is 4. The van der Waals surface area contributed by atoms with Gasteiger partial charge < -0.3 is 4.74 Å². The Kier molecular flexibility index (Phi) is 5.19. The van der Waals surface area contributed by atoms with E-state index in [4.69, 9.17) is 4.74 Å². The summed E-state index contributed by atoms with van der Waals surface area (Å²) in [6.07, 6.45) is 0. The maximum atomic E-state index is 13.7. The van der Waals surface area contributed by atoms with E-state index in [1.807, 2.05) is 20.8 Å². The van der Waals surface area contributed by atoms with Crippen molar-refractivity contribution in [2.75, 3.05) is 0 Å². The minimum atomic E-state index is -0.772. The number of hydrogen-bond acceptors (Lipinski definition) is 5. The van der Waals surface area contributed by atoms with Crippen LogP contribution < -0.4 is 4.74 Å². The standard InChI is InChI=1S/C21H20FN3O4/c1-13-8-9-14(10-17(13)25(27)28)20(26)29-19-12-18(21(2,3)4)23-24(19)16-7-5-6-15(22)11-16/h5-12H,1-4H3. The molecule has 0 fully saturated rings. The molecule has 3 rings (SSSR count). The Labute approximate surface area is 166 Å². The SMILES string of the molecule is Cc1ccc(C(=O)Oc2cc(C(C)(C)C)nn2-c2cccc(F)c2)cc1[N+](=O)[O-]. The molecule has 0 bridgehead atoms. The molecule has 150 valence electrons. The summed E-state index contributed by atoms with van der Waals surface area (Å²) in [5, 5.41) is 15.6. The van der Waals surface area contributed by atoms with Crippen LogP contribution in [0.1, 0.15) is 42.4 Å². The van der Waals surface area contributed by atoms with Crippen molar-refractivity contribution in [2.45, 2.75) is 33.1 Å². The lowest BCUT2D eigenvalue weighted by Crippen LogP contribution is -2.13. The molecule has 0 saturated carbocycles. The van der Waals surface area contributed by atoms with Crippen molar-refractivity contribution in [3.8, 4) is 11.6 Å². The van der Waals surface area contributed by atoms with Gasteiger partial charge >= 0.3 is 5.97 Å². The number of benzene rings is 2. The van der Waals surface area contributed by atoms with Crippen LogP contribution in [-0.2, 0) is 5.41 Å². The first kappa shape index (κ1) is 20.2. The van der Waals surface area contributed by atoms with Gasteiger partial charge in [-0.3, -0.25) is 10.1 Å². The molecule has 1 aromatic heterocycles. The van der Waals surface area contributed by atoms with Crippen molar-refractivity contribution in [3.05, 3.63) is 81.3 Å². The van der Waals surface area contributed by atoms with Gasteiger partial charge in [0.2, 0.25) is 5.88 Å².